The van der Waals surface area contributed by atoms with Crippen molar-refractivity contribution >= 4 is 35.1 Å². The Morgan fingerprint density at radius 1 is 1.03 bits per heavy atom. The number of ether oxygens (including phenoxy) is 5. The van der Waals surface area contributed by atoms with Gasteiger partial charge < -0.3 is 49.4 Å². The number of aliphatic carboxylic acids is 1. The van der Waals surface area contributed by atoms with Crippen LogP contribution in [0.1, 0.15) is 120 Å². The SMILES string of the molecule is COC(C)(C)O[C@H](OC(=O)CC(=O)O)[C@@H](C)/C=C/C=C(/C)C(=O)NC1=C2NC3(CCN(CC(C)C)CC3)N=C2c2c(c(O)c(C)c3c2C(=O)[C@@](C)(O/C=C/[C@H](C)C(C)C)O3)C1=O. The maximum Gasteiger partial charge on any atom is 0.319 e. The predicted molar refractivity (Wildman–Crippen MR) is 229 cm³/mol. The summed E-state index contributed by atoms with van der Waals surface area (Å²) < 4.78 is 28.6. The second-order valence-corrected chi connectivity index (χ2v) is 17.9. The van der Waals surface area contributed by atoms with Crippen LogP contribution >= 0.6 is 0 Å². The molecule has 4 N–H and O–H groups in total. The van der Waals surface area contributed by atoms with Crippen LogP contribution in [0.5, 0.6) is 11.5 Å². The number of esters is 1. The molecule has 0 saturated carbocycles. The Morgan fingerprint density at radius 3 is 2.29 bits per heavy atom. The molecule has 3 aliphatic heterocycles. The van der Waals surface area contributed by atoms with E-state index in [0.29, 0.717) is 37.8 Å². The number of fused-ring (bicyclic) bond motifs is 5. The average molecular weight is 863 g/mol. The molecule has 1 amide bonds. The van der Waals surface area contributed by atoms with Gasteiger partial charge in [0.05, 0.1) is 28.8 Å². The zero-order chi connectivity index (χ0) is 46.1. The number of carboxylic acid groups (broad SMARTS) is 1. The first-order chi connectivity index (χ1) is 28.9. The van der Waals surface area contributed by atoms with Crippen molar-refractivity contribution in [2.75, 3.05) is 26.7 Å². The van der Waals surface area contributed by atoms with Gasteiger partial charge in [0.1, 0.15) is 29.3 Å². The number of allylic oxidation sites excluding steroid dienone is 5. The number of aliphatic imine (C=N–C) groups is 1. The lowest BCUT2D eigenvalue weighted by Gasteiger charge is -2.38. The van der Waals surface area contributed by atoms with Crippen LogP contribution in [0, 0.1) is 30.6 Å². The molecule has 62 heavy (non-hydrogen) atoms. The number of carbonyl (C=O) groups is 5. The van der Waals surface area contributed by atoms with E-state index in [1.807, 2.05) is 13.0 Å². The number of ketones is 2. The Labute approximate surface area is 363 Å². The number of aromatic hydroxyl groups is 1. The summed E-state index contributed by atoms with van der Waals surface area (Å²) in [6.07, 6.45) is 6.97. The Hall–Kier alpha value is -5.32. The molecule has 16 heteroatoms. The molecule has 4 aliphatic rings. The van der Waals surface area contributed by atoms with Gasteiger partial charge in [-0.15, -0.1) is 0 Å². The summed E-state index contributed by atoms with van der Waals surface area (Å²) in [6.45, 7) is 22.3. The van der Waals surface area contributed by atoms with E-state index in [9.17, 15) is 29.1 Å². The van der Waals surface area contributed by atoms with Crippen molar-refractivity contribution in [2.45, 2.75) is 119 Å². The molecule has 4 atom stereocenters. The summed E-state index contributed by atoms with van der Waals surface area (Å²) in [7, 11) is 1.40. The van der Waals surface area contributed by atoms with Crippen LogP contribution in [-0.4, -0.2) is 101 Å². The number of nitrogens with one attached hydrogen (secondary N) is 2. The minimum Gasteiger partial charge on any atom is -0.507 e. The van der Waals surface area contributed by atoms with Gasteiger partial charge in [-0.1, -0.05) is 59.8 Å². The molecule has 16 nitrogen and oxygen atoms in total. The van der Waals surface area contributed by atoms with Crippen molar-refractivity contribution in [3.05, 3.63) is 69.8 Å². The number of benzene rings is 1. The molecule has 1 saturated heterocycles. The summed E-state index contributed by atoms with van der Waals surface area (Å²) in [6, 6.07) is 0. The lowest BCUT2D eigenvalue weighted by atomic mass is 9.82. The van der Waals surface area contributed by atoms with Crippen molar-refractivity contribution in [3.63, 3.8) is 0 Å². The van der Waals surface area contributed by atoms with E-state index in [1.165, 1.54) is 33.3 Å². The number of phenolic OH excluding ortho intramolecular Hbond substituents is 1. The van der Waals surface area contributed by atoms with Crippen molar-refractivity contribution < 1.29 is 57.9 Å². The molecule has 0 aromatic heterocycles. The van der Waals surface area contributed by atoms with E-state index in [2.05, 4.69) is 43.2 Å². The van der Waals surface area contributed by atoms with Crippen LogP contribution in [0.15, 0.2) is 52.5 Å². The molecule has 0 unspecified atom stereocenters. The first-order valence-electron chi connectivity index (χ1n) is 21.1. The lowest BCUT2D eigenvalue weighted by Crippen LogP contribution is -2.50. The van der Waals surface area contributed by atoms with Crippen LogP contribution in [-0.2, 0) is 33.3 Å². The number of hydrogen-bond acceptors (Lipinski definition) is 14. The van der Waals surface area contributed by atoms with Crippen LogP contribution < -0.4 is 15.4 Å². The predicted octanol–water partition coefficient (Wildman–Crippen LogP) is 6.06. The fourth-order valence-electron chi connectivity index (χ4n) is 7.49. The largest absolute Gasteiger partial charge is 0.507 e. The van der Waals surface area contributed by atoms with E-state index < -0.39 is 71.0 Å². The van der Waals surface area contributed by atoms with Crippen LogP contribution in [0.2, 0.25) is 0 Å². The number of methoxy groups -OCH3 is 1. The standard InChI is InChI=1S/C46H62N4O12/c1-24(2)23-50-19-17-46(18-20-50)48-35-32-33(38(54)29(8)40-34(32)41(56)45(11,61-40)59-21-16-26(5)25(3)4)39(55)37(36(35)49-46)47-42(57)27(6)14-13-15-28(7)43(62-44(9,10)58-12)60-31(53)22-30(51)52/h13-16,21,24-26,28,43,49,54H,17-20,22-23H2,1-12H3,(H,47,57)(H,51,52)/b15-13+,21-16+,27-14-/t26-,28-,43-,45-/m0/s1. The number of nitrogens with zero attached hydrogens (tertiary/aromatic N) is 2. The smallest absolute Gasteiger partial charge is 0.319 e. The third kappa shape index (κ3) is 10.1. The van der Waals surface area contributed by atoms with Crippen molar-refractivity contribution in [3.8, 4) is 11.5 Å². The third-order valence-corrected chi connectivity index (χ3v) is 11.7. The van der Waals surface area contributed by atoms with Gasteiger partial charge in [-0.05, 0) is 51.5 Å². The molecule has 3 heterocycles. The van der Waals surface area contributed by atoms with Gasteiger partial charge in [0.25, 0.3) is 11.7 Å². The maximum absolute atomic E-state index is 14.7. The summed E-state index contributed by atoms with van der Waals surface area (Å²) in [5.74, 6) is -7.28. The quantitative estimate of drug-likeness (QED) is 0.0350. The molecule has 1 aliphatic carbocycles. The van der Waals surface area contributed by atoms with Crippen molar-refractivity contribution in [2.24, 2.45) is 28.7 Å². The fourth-order valence-corrected chi connectivity index (χ4v) is 7.49. The van der Waals surface area contributed by atoms with Crippen molar-refractivity contribution in [1.29, 1.82) is 0 Å². The number of Topliss-reactive ketones (excluding diaryl/α,β-unsaturated/α-hetero) is 2. The molecular weight excluding hydrogens is 801 g/mol. The van der Waals surface area contributed by atoms with Gasteiger partial charge in [-0.3, -0.25) is 29.0 Å². The number of amides is 1. The Kier molecular flexibility index (Phi) is 14.3. The number of rotatable bonds is 17. The fraction of sp³-hybridized carbons (Fsp3) is 0.565. The van der Waals surface area contributed by atoms with E-state index in [4.69, 9.17) is 33.8 Å². The van der Waals surface area contributed by atoms with Crippen LogP contribution in [0.25, 0.3) is 0 Å². The van der Waals surface area contributed by atoms with Crippen LogP contribution in [0.3, 0.4) is 0 Å². The maximum atomic E-state index is 14.7. The zero-order valence-corrected chi connectivity index (χ0v) is 37.9. The summed E-state index contributed by atoms with van der Waals surface area (Å²) in [4.78, 5) is 74.0. The number of piperidine rings is 1. The molecule has 1 aromatic carbocycles. The first-order valence-corrected chi connectivity index (χ1v) is 21.1. The molecule has 338 valence electrons. The van der Waals surface area contributed by atoms with Crippen molar-refractivity contribution in [1.82, 2.24) is 15.5 Å². The van der Waals surface area contributed by atoms with E-state index >= 15 is 0 Å². The second-order valence-electron chi connectivity index (χ2n) is 17.9. The molecule has 1 aromatic rings. The minimum atomic E-state index is -1.80. The van der Waals surface area contributed by atoms with Gasteiger partial charge in [-0.2, -0.15) is 0 Å². The third-order valence-electron chi connectivity index (χ3n) is 11.7. The van der Waals surface area contributed by atoms with E-state index in [1.54, 1.807) is 39.8 Å². The number of likely N-dealkylation sites (tertiary alicyclic amines) is 1. The highest BCUT2D eigenvalue weighted by Crippen LogP contribution is 2.50. The molecule has 0 radical (unpaired) electrons. The number of carbonyl (C=O) groups excluding carboxylic acids is 4. The van der Waals surface area contributed by atoms with Gasteiger partial charge in [0, 0.05) is 69.1 Å². The van der Waals surface area contributed by atoms with E-state index in [-0.39, 0.29) is 56.6 Å². The molecule has 1 fully saturated rings. The van der Waals surface area contributed by atoms with Gasteiger partial charge >= 0.3 is 17.7 Å². The highest BCUT2D eigenvalue weighted by molar-refractivity contribution is 6.34. The number of hydrogen-bond donors (Lipinski definition) is 4. The zero-order valence-electron chi connectivity index (χ0n) is 37.9. The molecule has 1 spiro atoms. The average Bonchev–Trinajstić information content (AvgIpc) is 3.68. The number of carboxylic acids is 1. The van der Waals surface area contributed by atoms with Gasteiger partial charge in [0.2, 0.25) is 12.1 Å². The summed E-state index contributed by atoms with van der Waals surface area (Å²) in [5.41, 5.74) is -0.189. The minimum absolute atomic E-state index is 0.0642. The highest BCUT2D eigenvalue weighted by Gasteiger charge is 2.54. The lowest BCUT2D eigenvalue weighted by molar-refractivity contribution is -0.286. The first kappa shape index (κ1) is 47.7. The number of phenols is 1. The Morgan fingerprint density at radius 2 is 1.69 bits per heavy atom. The summed E-state index contributed by atoms with van der Waals surface area (Å²) in [5, 5.41) is 27.1. The molecule has 0 bridgehead atoms. The molecule has 5 rings (SSSR count). The van der Waals surface area contributed by atoms with Gasteiger partial charge in [-0.25, -0.2) is 0 Å². The highest BCUT2D eigenvalue weighted by atomic mass is 16.8. The topological polar surface area (TPSA) is 212 Å². The Bertz CT molecular complexity index is 2140. The summed E-state index contributed by atoms with van der Waals surface area (Å²) >= 11 is 0. The van der Waals surface area contributed by atoms with Crippen LogP contribution in [0.4, 0.5) is 0 Å². The molecular formula is C46H62N4O12. The normalized spacial score (nSPS) is 21.5. The van der Waals surface area contributed by atoms with E-state index in [0.717, 1.165) is 6.54 Å². The van der Waals surface area contributed by atoms with Gasteiger partial charge in [0.15, 0.2) is 5.79 Å². The monoisotopic (exact) mass is 862 g/mol. The Balaban J connectivity index is 1.51. The second kappa shape index (κ2) is 18.6.